The predicted octanol–water partition coefficient (Wildman–Crippen LogP) is 22.6. The first kappa shape index (κ1) is 93.1. The molecule has 0 bridgehead atoms. The Labute approximate surface area is 581 Å². The van der Waals surface area contributed by atoms with Crippen LogP contribution in [-0.4, -0.2) is 96.7 Å². The Hall–Kier alpha value is -1.94. The molecule has 0 aromatic carbocycles. The molecule has 5 atom stereocenters. The molecular formula is C76H148O17P2. The van der Waals surface area contributed by atoms with Crippen LogP contribution in [0.2, 0.25) is 0 Å². The molecule has 0 aliphatic heterocycles. The van der Waals surface area contributed by atoms with E-state index in [1.807, 2.05) is 0 Å². The van der Waals surface area contributed by atoms with Gasteiger partial charge in [0.05, 0.1) is 26.4 Å². The van der Waals surface area contributed by atoms with E-state index in [1.165, 1.54) is 231 Å². The number of rotatable bonds is 77. The summed E-state index contributed by atoms with van der Waals surface area (Å²) in [7, 11) is -9.90. The molecule has 0 aliphatic rings. The third-order valence-electron chi connectivity index (χ3n) is 17.9. The minimum absolute atomic E-state index is 0.107. The number of aliphatic hydroxyl groups excluding tert-OH is 1. The van der Waals surface area contributed by atoms with Crippen molar-refractivity contribution in [2.24, 2.45) is 0 Å². The molecule has 0 rings (SSSR count). The Morgan fingerprint density at radius 3 is 0.621 bits per heavy atom. The molecule has 0 aromatic rings. The minimum atomic E-state index is -4.95. The van der Waals surface area contributed by atoms with Gasteiger partial charge in [0.2, 0.25) is 0 Å². The first-order chi connectivity index (χ1) is 46.2. The summed E-state index contributed by atoms with van der Waals surface area (Å²) in [5.74, 6) is -2.12. The zero-order valence-corrected chi connectivity index (χ0v) is 63.4. The summed E-state index contributed by atoms with van der Waals surface area (Å²) >= 11 is 0. The van der Waals surface area contributed by atoms with Crippen molar-refractivity contribution in [1.29, 1.82) is 0 Å². The summed E-state index contributed by atoms with van der Waals surface area (Å²) in [6.45, 7) is 4.89. The van der Waals surface area contributed by atoms with Crippen molar-refractivity contribution in [3.8, 4) is 0 Å². The number of unbranched alkanes of at least 4 members (excludes halogenated alkanes) is 51. The van der Waals surface area contributed by atoms with Crippen molar-refractivity contribution in [2.75, 3.05) is 39.6 Å². The van der Waals surface area contributed by atoms with Gasteiger partial charge in [0.25, 0.3) is 0 Å². The van der Waals surface area contributed by atoms with Crippen LogP contribution in [0.5, 0.6) is 0 Å². The van der Waals surface area contributed by atoms with Crippen molar-refractivity contribution in [3.63, 3.8) is 0 Å². The highest BCUT2D eigenvalue weighted by Gasteiger charge is 2.30. The van der Waals surface area contributed by atoms with Crippen LogP contribution in [0.3, 0.4) is 0 Å². The van der Waals surface area contributed by atoms with Crippen LogP contribution >= 0.6 is 15.6 Å². The van der Waals surface area contributed by atoms with Gasteiger partial charge in [-0.25, -0.2) is 9.13 Å². The lowest BCUT2D eigenvalue weighted by molar-refractivity contribution is -0.161. The fourth-order valence-electron chi connectivity index (χ4n) is 11.8. The van der Waals surface area contributed by atoms with Gasteiger partial charge >= 0.3 is 39.5 Å². The summed E-state index contributed by atoms with van der Waals surface area (Å²) in [6, 6.07) is 0. The highest BCUT2D eigenvalue weighted by atomic mass is 31.2. The number of hydrogen-bond acceptors (Lipinski definition) is 15. The van der Waals surface area contributed by atoms with Gasteiger partial charge in [-0.1, -0.05) is 355 Å². The van der Waals surface area contributed by atoms with Crippen LogP contribution in [0, 0.1) is 0 Å². The van der Waals surface area contributed by atoms with Crippen molar-refractivity contribution in [3.05, 3.63) is 0 Å². The average molecular weight is 1400 g/mol. The highest BCUT2D eigenvalue weighted by Crippen LogP contribution is 2.45. The van der Waals surface area contributed by atoms with Crippen LogP contribution < -0.4 is 0 Å². The predicted molar refractivity (Wildman–Crippen MR) is 386 cm³/mol. The van der Waals surface area contributed by atoms with Crippen LogP contribution in [0.4, 0.5) is 0 Å². The molecule has 95 heavy (non-hydrogen) atoms. The van der Waals surface area contributed by atoms with Crippen molar-refractivity contribution in [1.82, 2.24) is 0 Å². The van der Waals surface area contributed by atoms with Gasteiger partial charge in [-0.05, 0) is 25.7 Å². The van der Waals surface area contributed by atoms with E-state index in [-0.39, 0.29) is 25.7 Å². The average Bonchev–Trinajstić information content (AvgIpc) is 1.53. The lowest BCUT2D eigenvalue weighted by Crippen LogP contribution is -2.30. The lowest BCUT2D eigenvalue weighted by Gasteiger charge is -2.21. The maximum atomic E-state index is 13.1. The van der Waals surface area contributed by atoms with Crippen molar-refractivity contribution in [2.45, 2.75) is 425 Å². The number of phosphoric acid groups is 2. The van der Waals surface area contributed by atoms with Gasteiger partial charge in [0, 0.05) is 25.7 Å². The number of carbonyl (C=O) groups excluding carboxylic acids is 4. The standard InChI is InChI=1S/C76H148O17P2/c1-5-9-13-17-20-23-26-28-30-32-34-35-36-38-40-42-45-48-51-55-59-63-76(81)93-72(67-87-74(79)61-57-53-49-46-44-41-39-37-33-31-29-27-24-21-18-14-10-6-2)69-91-95(84,85)89-65-70(77)64-88-94(82,83)90-68-71(66-86-73(78)60-56-52-16-12-8-4)92-75(80)62-58-54-50-47-43-25-22-19-15-11-7-3/h70-72,77H,5-69H2,1-4H3,(H,82,83)(H,84,85)/t70-,71+,72+/m0/s1. The number of ether oxygens (including phenoxy) is 4. The van der Waals surface area contributed by atoms with E-state index in [0.29, 0.717) is 25.7 Å². The third-order valence-corrected chi connectivity index (χ3v) is 19.8. The molecule has 3 N–H and O–H groups in total. The molecule has 0 heterocycles. The van der Waals surface area contributed by atoms with Crippen LogP contribution in [0.25, 0.3) is 0 Å². The molecule has 564 valence electrons. The van der Waals surface area contributed by atoms with Gasteiger partial charge in [-0.2, -0.15) is 0 Å². The van der Waals surface area contributed by atoms with Crippen LogP contribution in [-0.2, 0) is 65.4 Å². The van der Waals surface area contributed by atoms with E-state index in [2.05, 4.69) is 27.7 Å². The van der Waals surface area contributed by atoms with Gasteiger partial charge < -0.3 is 33.8 Å². The summed E-state index contributed by atoms with van der Waals surface area (Å²) in [5.41, 5.74) is 0. The Bertz CT molecular complexity index is 1810. The van der Waals surface area contributed by atoms with Gasteiger partial charge in [-0.3, -0.25) is 37.3 Å². The maximum Gasteiger partial charge on any atom is 0.472 e. The molecular weight excluding hydrogens is 1250 g/mol. The van der Waals surface area contributed by atoms with E-state index >= 15 is 0 Å². The molecule has 0 fully saturated rings. The van der Waals surface area contributed by atoms with E-state index in [4.69, 9.17) is 37.0 Å². The zero-order chi connectivity index (χ0) is 69.7. The molecule has 0 aliphatic carbocycles. The molecule has 19 heteroatoms. The summed E-state index contributed by atoms with van der Waals surface area (Å²) in [6.07, 6.45) is 61.6. The van der Waals surface area contributed by atoms with Gasteiger partial charge in [0.1, 0.15) is 19.3 Å². The minimum Gasteiger partial charge on any atom is -0.462 e. The summed E-state index contributed by atoms with van der Waals surface area (Å²) in [5, 5.41) is 10.6. The Morgan fingerprint density at radius 1 is 0.253 bits per heavy atom. The molecule has 0 spiro atoms. The second-order valence-electron chi connectivity index (χ2n) is 27.4. The molecule has 0 radical (unpaired) electrons. The second-order valence-corrected chi connectivity index (χ2v) is 30.3. The molecule has 0 saturated carbocycles. The molecule has 0 saturated heterocycles. The smallest absolute Gasteiger partial charge is 0.462 e. The normalized spacial score (nSPS) is 13.9. The van der Waals surface area contributed by atoms with Crippen LogP contribution in [0.15, 0.2) is 0 Å². The first-order valence-corrected chi connectivity index (χ1v) is 42.8. The third kappa shape index (κ3) is 70.3. The van der Waals surface area contributed by atoms with E-state index < -0.39 is 97.5 Å². The van der Waals surface area contributed by atoms with Crippen molar-refractivity contribution >= 4 is 39.5 Å². The lowest BCUT2D eigenvalue weighted by atomic mass is 10.0. The van der Waals surface area contributed by atoms with E-state index in [1.54, 1.807) is 0 Å². The topological polar surface area (TPSA) is 237 Å². The quantitative estimate of drug-likeness (QED) is 0.0222. The molecule has 17 nitrogen and oxygen atoms in total. The first-order valence-electron chi connectivity index (χ1n) is 39.8. The van der Waals surface area contributed by atoms with Crippen LogP contribution in [0.1, 0.15) is 407 Å². The number of esters is 4. The highest BCUT2D eigenvalue weighted by molar-refractivity contribution is 7.47. The SMILES string of the molecule is CCCCCCCCCCCCCCCCCCCCCCCC(=O)O[C@H](COC(=O)CCCCCCCCCCCCCCCCCCCC)COP(=O)(O)OC[C@@H](O)COP(=O)(O)OC[C@@H](COC(=O)CCCCCCC)OC(=O)CCCCCCCCCCCCC. The number of aliphatic hydroxyl groups is 1. The summed E-state index contributed by atoms with van der Waals surface area (Å²) < 4.78 is 68.3. The second kappa shape index (κ2) is 70.5. The number of phosphoric ester groups is 2. The maximum absolute atomic E-state index is 13.1. The zero-order valence-electron chi connectivity index (χ0n) is 61.6. The Morgan fingerprint density at radius 2 is 0.421 bits per heavy atom. The number of hydrogen-bond donors (Lipinski definition) is 3. The van der Waals surface area contributed by atoms with Gasteiger partial charge in [-0.15, -0.1) is 0 Å². The van der Waals surface area contributed by atoms with E-state index in [0.717, 1.165) is 96.3 Å². The van der Waals surface area contributed by atoms with E-state index in [9.17, 15) is 43.2 Å². The van der Waals surface area contributed by atoms with Gasteiger partial charge in [0.15, 0.2) is 12.2 Å². The molecule has 0 aromatic heterocycles. The Kier molecular flexibility index (Phi) is 69.1. The fourth-order valence-corrected chi connectivity index (χ4v) is 13.3. The van der Waals surface area contributed by atoms with Crippen molar-refractivity contribution < 1.29 is 80.2 Å². The number of carbonyl (C=O) groups is 4. The molecule has 0 amide bonds. The molecule has 2 unspecified atom stereocenters. The monoisotopic (exact) mass is 1400 g/mol. The summed E-state index contributed by atoms with van der Waals surface area (Å²) in [4.78, 5) is 72.5. The largest absolute Gasteiger partial charge is 0.472 e. The fraction of sp³-hybridized carbons (Fsp3) is 0.947. The Balaban J connectivity index is 5.11.